The average molecular weight is 387 g/mol. The molecule has 2 heterocycles. The largest absolute Gasteiger partial charge is 0.488 e. The molecule has 1 amide bonds. The van der Waals surface area contributed by atoms with Crippen molar-refractivity contribution in [3.63, 3.8) is 0 Å². The van der Waals surface area contributed by atoms with Gasteiger partial charge in [-0.15, -0.1) is 0 Å². The zero-order valence-corrected chi connectivity index (χ0v) is 16.6. The lowest BCUT2D eigenvalue weighted by molar-refractivity contribution is 0.00835. The average Bonchev–Trinajstić information content (AvgIpc) is 3.04. The van der Waals surface area contributed by atoms with Gasteiger partial charge in [0.25, 0.3) is 5.91 Å². The van der Waals surface area contributed by atoms with Gasteiger partial charge in [-0.25, -0.2) is 0 Å². The van der Waals surface area contributed by atoms with E-state index in [2.05, 4.69) is 5.16 Å². The van der Waals surface area contributed by atoms with Gasteiger partial charge in [0.1, 0.15) is 18.1 Å². The van der Waals surface area contributed by atoms with Gasteiger partial charge in [-0.2, -0.15) is 0 Å². The number of carbonyl (C=O) groups excluding carboxylic acids is 1. The molecule has 0 aliphatic carbocycles. The zero-order valence-electron chi connectivity index (χ0n) is 16.6. The van der Waals surface area contributed by atoms with Gasteiger partial charge in [-0.3, -0.25) is 4.79 Å². The Morgan fingerprint density at radius 1 is 1.29 bits per heavy atom. The summed E-state index contributed by atoms with van der Waals surface area (Å²) < 4.78 is 17.0. The van der Waals surface area contributed by atoms with E-state index in [4.69, 9.17) is 19.7 Å². The molecule has 2 N–H and O–H groups in total. The summed E-state index contributed by atoms with van der Waals surface area (Å²) >= 11 is 0. The molecule has 0 saturated carbocycles. The highest BCUT2D eigenvalue weighted by Gasteiger charge is 2.26. The highest BCUT2D eigenvalue weighted by molar-refractivity contribution is 5.97. The normalized spacial score (nSPS) is 15.0. The number of rotatable bonds is 8. The molecule has 0 radical (unpaired) electrons. The van der Waals surface area contributed by atoms with Crippen molar-refractivity contribution in [3.05, 3.63) is 46.8 Å². The minimum absolute atomic E-state index is 0.00484. The van der Waals surface area contributed by atoms with Crippen molar-refractivity contribution < 1.29 is 18.8 Å². The number of nitrogens with zero attached hydrogens (tertiary/aromatic N) is 2. The van der Waals surface area contributed by atoms with Crippen LogP contribution in [0.4, 0.5) is 0 Å². The number of piperidine rings is 1. The van der Waals surface area contributed by atoms with Gasteiger partial charge in [0, 0.05) is 19.7 Å². The SMILES string of the molecule is Cc1noc(C)c1COc1ccccc1C(=O)N1CCC(OCCCN)CC1. The van der Waals surface area contributed by atoms with E-state index in [0.717, 1.165) is 36.3 Å². The number of nitrogens with two attached hydrogens (primary N) is 1. The van der Waals surface area contributed by atoms with E-state index in [-0.39, 0.29) is 12.0 Å². The van der Waals surface area contributed by atoms with Crippen LogP contribution in [-0.4, -0.2) is 48.3 Å². The van der Waals surface area contributed by atoms with E-state index in [1.54, 1.807) is 0 Å². The molecule has 1 aromatic heterocycles. The molecule has 1 aliphatic heterocycles. The van der Waals surface area contributed by atoms with Crippen LogP contribution < -0.4 is 10.5 Å². The third kappa shape index (κ3) is 4.91. The van der Waals surface area contributed by atoms with Crippen LogP contribution in [0.2, 0.25) is 0 Å². The van der Waals surface area contributed by atoms with Crippen molar-refractivity contribution in [2.24, 2.45) is 5.73 Å². The molecule has 7 heteroatoms. The number of carbonyl (C=O) groups is 1. The molecule has 1 saturated heterocycles. The Morgan fingerprint density at radius 2 is 2.04 bits per heavy atom. The lowest BCUT2D eigenvalue weighted by atomic mass is 10.1. The maximum Gasteiger partial charge on any atom is 0.257 e. The van der Waals surface area contributed by atoms with Crippen molar-refractivity contribution >= 4 is 5.91 Å². The molecule has 28 heavy (non-hydrogen) atoms. The number of hydrogen-bond acceptors (Lipinski definition) is 6. The number of aromatic nitrogens is 1. The van der Waals surface area contributed by atoms with Gasteiger partial charge in [0.15, 0.2) is 0 Å². The number of hydrogen-bond donors (Lipinski definition) is 1. The molecule has 1 aromatic carbocycles. The molecule has 2 aromatic rings. The minimum atomic E-state index is -0.00484. The van der Waals surface area contributed by atoms with E-state index in [1.807, 2.05) is 43.0 Å². The Kier molecular flexibility index (Phi) is 7.06. The van der Waals surface area contributed by atoms with Crippen LogP contribution in [-0.2, 0) is 11.3 Å². The van der Waals surface area contributed by atoms with E-state index in [9.17, 15) is 4.79 Å². The number of benzene rings is 1. The second-order valence-corrected chi connectivity index (χ2v) is 7.09. The van der Waals surface area contributed by atoms with Crippen LogP contribution in [0, 0.1) is 13.8 Å². The molecular formula is C21H29N3O4. The van der Waals surface area contributed by atoms with Crippen LogP contribution in [0.15, 0.2) is 28.8 Å². The van der Waals surface area contributed by atoms with Crippen LogP contribution in [0.3, 0.4) is 0 Å². The molecule has 0 unspecified atom stereocenters. The summed E-state index contributed by atoms with van der Waals surface area (Å²) in [6, 6.07) is 7.37. The molecule has 152 valence electrons. The maximum absolute atomic E-state index is 13.0. The van der Waals surface area contributed by atoms with Crippen molar-refractivity contribution in [1.29, 1.82) is 0 Å². The Balaban J connectivity index is 1.60. The van der Waals surface area contributed by atoms with E-state index in [0.29, 0.717) is 44.2 Å². The van der Waals surface area contributed by atoms with Gasteiger partial charge >= 0.3 is 0 Å². The van der Waals surface area contributed by atoms with E-state index < -0.39 is 0 Å². The van der Waals surface area contributed by atoms with Gasteiger partial charge in [0.05, 0.1) is 22.9 Å². The molecular weight excluding hydrogens is 358 g/mol. The number of aryl methyl sites for hydroxylation is 2. The highest BCUT2D eigenvalue weighted by atomic mass is 16.5. The molecule has 1 aliphatic rings. The molecule has 0 bridgehead atoms. The minimum Gasteiger partial charge on any atom is -0.488 e. The van der Waals surface area contributed by atoms with E-state index >= 15 is 0 Å². The summed E-state index contributed by atoms with van der Waals surface area (Å²) in [5.41, 5.74) is 7.80. The lowest BCUT2D eigenvalue weighted by Crippen LogP contribution is -2.41. The van der Waals surface area contributed by atoms with Gasteiger partial charge < -0.3 is 24.6 Å². The Morgan fingerprint density at radius 3 is 2.71 bits per heavy atom. The smallest absolute Gasteiger partial charge is 0.257 e. The third-order valence-electron chi connectivity index (χ3n) is 5.10. The number of para-hydroxylation sites is 1. The first kappa shape index (κ1) is 20.4. The summed E-state index contributed by atoms with van der Waals surface area (Å²) in [4.78, 5) is 14.9. The number of likely N-dealkylation sites (tertiary alicyclic amines) is 1. The van der Waals surface area contributed by atoms with Crippen LogP contribution in [0.1, 0.15) is 46.6 Å². The Hall–Kier alpha value is -2.38. The fraction of sp³-hybridized carbons (Fsp3) is 0.524. The summed E-state index contributed by atoms with van der Waals surface area (Å²) in [5, 5.41) is 3.94. The topological polar surface area (TPSA) is 90.8 Å². The quantitative estimate of drug-likeness (QED) is 0.701. The summed E-state index contributed by atoms with van der Waals surface area (Å²) in [6.07, 6.45) is 2.77. The molecule has 1 fully saturated rings. The van der Waals surface area contributed by atoms with Crippen LogP contribution >= 0.6 is 0 Å². The molecule has 0 spiro atoms. The van der Waals surface area contributed by atoms with Crippen molar-refractivity contribution in [2.45, 2.75) is 45.8 Å². The fourth-order valence-corrected chi connectivity index (χ4v) is 3.36. The van der Waals surface area contributed by atoms with E-state index in [1.165, 1.54) is 0 Å². The number of ether oxygens (including phenoxy) is 2. The number of amides is 1. The second-order valence-electron chi connectivity index (χ2n) is 7.09. The monoisotopic (exact) mass is 387 g/mol. The molecule has 7 nitrogen and oxygen atoms in total. The van der Waals surface area contributed by atoms with Crippen molar-refractivity contribution in [1.82, 2.24) is 10.1 Å². The van der Waals surface area contributed by atoms with Gasteiger partial charge in [0.2, 0.25) is 0 Å². The summed E-state index contributed by atoms with van der Waals surface area (Å²) in [7, 11) is 0. The Bertz CT molecular complexity index is 762. The van der Waals surface area contributed by atoms with Crippen molar-refractivity contribution in [3.8, 4) is 5.75 Å². The second kappa shape index (κ2) is 9.71. The lowest BCUT2D eigenvalue weighted by Gasteiger charge is -2.32. The maximum atomic E-state index is 13.0. The standard InChI is InChI=1S/C21H29N3O4/c1-15-19(16(2)28-23-15)14-27-20-7-4-3-6-18(20)21(25)24-11-8-17(9-12-24)26-13-5-10-22/h3-4,6-7,17H,5,8-14,22H2,1-2H3. The predicted molar refractivity (Wildman–Crippen MR) is 105 cm³/mol. The predicted octanol–water partition coefficient (Wildman–Crippen LogP) is 2.84. The van der Waals surface area contributed by atoms with Crippen molar-refractivity contribution in [2.75, 3.05) is 26.2 Å². The van der Waals surface area contributed by atoms with Crippen LogP contribution in [0.25, 0.3) is 0 Å². The third-order valence-corrected chi connectivity index (χ3v) is 5.10. The van der Waals surface area contributed by atoms with Gasteiger partial charge in [-0.05, 0) is 51.8 Å². The van der Waals surface area contributed by atoms with Gasteiger partial charge in [-0.1, -0.05) is 17.3 Å². The highest BCUT2D eigenvalue weighted by Crippen LogP contribution is 2.24. The summed E-state index contributed by atoms with van der Waals surface area (Å²) in [5.74, 6) is 1.31. The first-order valence-corrected chi connectivity index (χ1v) is 9.84. The first-order valence-electron chi connectivity index (χ1n) is 9.84. The van der Waals surface area contributed by atoms with Crippen LogP contribution in [0.5, 0.6) is 5.75 Å². The first-order chi connectivity index (χ1) is 13.6. The molecule has 3 rings (SSSR count). The Labute approximate surface area is 165 Å². The zero-order chi connectivity index (χ0) is 19.9. The molecule has 0 atom stereocenters. The summed E-state index contributed by atoms with van der Waals surface area (Å²) in [6.45, 7) is 6.76. The fourth-order valence-electron chi connectivity index (χ4n) is 3.36.